The first-order chi connectivity index (χ1) is 4.88. The van der Waals surface area contributed by atoms with E-state index in [-0.39, 0.29) is 17.1 Å². The van der Waals surface area contributed by atoms with Crippen molar-refractivity contribution >= 4 is 6.79 Å². The van der Waals surface area contributed by atoms with Crippen LogP contribution in [0.25, 0.3) is 0 Å². The zero-order valence-corrected chi connectivity index (χ0v) is 6.43. The van der Waals surface area contributed by atoms with Crippen molar-refractivity contribution < 1.29 is 43.8 Å². The molecule has 0 amide bonds. The van der Waals surface area contributed by atoms with Crippen LogP contribution >= 0.6 is 0 Å². The van der Waals surface area contributed by atoms with Gasteiger partial charge in [0.05, 0.1) is 0 Å². The summed E-state index contributed by atoms with van der Waals surface area (Å²) in [5, 5.41) is 0. The molecule has 0 spiro atoms. The number of halogens is 5. The Hall–Kier alpha value is -0.421. The minimum Gasteiger partial charge on any atom is -0.281 e. The van der Waals surface area contributed by atoms with E-state index >= 15 is 0 Å². The van der Waals surface area contributed by atoms with Crippen LogP contribution in [0.3, 0.4) is 0 Å². The normalized spacial score (nSPS) is 21.9. The first-order valence-electron chi connectivity index (χ1n) is 2.23. The smallest absolute Gasteiger partial charge is 0.281 e. The largest absolute Gasteiger partial charge is 0.364 e. The van der Waals surface area contributed by atoms with Gasteiger partial charge in [0.25, 0.3) is 6.79 Å². The fourth-order valence-electron chi connectivity index (χ4n) is 0.422. The maximum absolute atomic E-state index is 11.5. The minimum absolute atomic E-state index is 0. The molecule has 1 rings (SSSR count). The van der Waals surface area contributed by atoms with Crippen molar-refractivity contribution in [3.05, 3.63) is 11.9 Å². The average molecular weight is 227 g/mol. The van der Waals surface area contributed by atoms with Gasteiger partial charge in [-0.05, 0) is 0 Å². The predicted molar refractivity (Wildman–Crippen MR) is 24.8 cm³/mol. The van der Waals surface area contributed by atoms with E-state index < -0.39 is 23.7 Å². The van der Waals surface area contributed by atoms with E-state index in [4.69, 9.17) is 4.79 Å². The van der Waals surface area contributed by atoms with Crippen molar-refractivity contribution in [2.75, 3.05) is 0 Å². The Balaban J connectivity index is 0. The van der Waals surface area contributed by atoms with Gasteiger partial charge < -0.3 is 0 Å². The Bertz CT molecular complexity index is 190. The topological polar surface area (TPSA) is 17.1 Å². The van der Waals surface area contributed by atoms with Gasteiger partial charge in [0.2, 0.25) is 0 Å². The van der Waals surface area contributed by atoms with Crippen LogP contribution in [0.5, 0.6) is 0 Å². The molecule has 0 aromatic heterocycles. The van der Waals surface area contributed by atoms with E-state index in [0.29, 0.717) is 0 Å². The average Bonchev–Trinajstić information content (AvgIpc) is 1.91. The maximum Gasteiger partial charge on any atom is 0.364 e. The summed E-state index contributed by atoms with van der Waals surface area (Å²) < 4.78 is 57.5. The second kappa shape index (κ2) is 4.00. The summed E-state index contributed by atoms with van der Waals surface area (Å²) in [6.07, 6.45) is -0.396. The van der Waals surface area contributed by atoms with E-state index in [1.165, 1.54) is 0 Å². The van der Waals surface area contributed by atoms with Crippen LogP contribution in [-0.2, 0) is 21.9 Å². The number of rotatable bonds is 0. The van der Waals surface area contributed by atoms with E-state index in [1.54, 1.807) is 0 Å². The first kappa shape index (κ1) is 14.1. The van der Waals surface area contributed by atoms with Gasteiger partial charge in [-0.3, -0.25) is 4.79 Å². The van der Waals surface area contributed by atoms with Gasteiger partial charge in [0.1, 0.15) is 0 Å². The van der Waals surface area contributed by atoms with Crippen LogP contribution in [0.2, 0.25) is 0 Å². The molecule has 0 fully saturated rings. The van der Waals surface area contributed by atoms with Crippen LogP contribution in [0, 0.1) is 0 Å². The molecule has 1 aliphatic rings. The summed E-state index contributed by atoms with van der Waals surface area (Å²) in [5.74, 6) is -10.9. The van der Waals surface area contributed by atoms with E-state index in [0.717, 1.165) is 0 Å². The van der Waals surface area contributed by atoms with E-state index in [2.05, 4.69) is 6.79 Å². The number of carbonyl (C=O) groups excluding carboxylic acids is 1. The van der Waals surface area contributed by atoms with Gasteiger partial charge in [-0.25, -0.2) is 4.39 Å². The van der Waals surface area contributed by atoms with Crippen molar-refractivity contribution in [2.24, 2.45) is 0 Å². The van der Waals surface area contributed by atoms with Crippen LogP contribution < -0.4 is 0 Å². The van der Waals surface area contributed by atoms with Crippen LogP contribution in [-0.4, -0.2) is 18.6 Å². The number of hydrogen-bond acceptors (Lipinski definition) is 1. The van der Waals surface area contributed by atoms with Crippen molar-refractivity contribution in [1.82, 2.24) is 0 Å². The molecule has 1 aliphatic carbocycles. The minimum atomic E-state index is -4.56. The Kier molecular flexibility index (Phi) is 4.71. The number of hydrogen-bond donors (Lipinski definition) is 0. The summed E-state index contributed by atoms with van der Waals surface area (Å²) in [4.78, 5) is 7.50. The SMILES string of the molecule is FC1=CC(F)(F)C1(F)F.[C]=O.[Mn]. The summed E-state index contributed by atoms with van der Waals surface area (Å²) in [6.45, 7) is 4.50. The third-order valence-corrected chi connectivity index (χ3v) is 1.03. The van der Waals surface area contributed by atoms with Gasteiger partial charge >= 0.3 is 11.8 Å². The summed E-state index contributed by atoms with van der Waals surface area (Å²) in [7, 11) is 0. The van der Waals surface area contributed by atoms with Gasteiger partial charge in [0.15, 0.2) is 5.83 Å². The molecule has 69 valence electrons. The number of alkyl halides is 4. The summed E-state index contributed by atoms with van der Waals surface area (Å²) >= 11 is 0. The predicted octanol–water partition coefficient (Wildman–Crippen LogP) is 1.72. The Morgan fingerprint density at radius 1 is 1.17 bits per heavy atom. The Morgan fingerprint density at radius 3 is 1.50 bits per heavy atom. The van der Waals surface area contributed by atoms with E-state index in [1.807, 2.05) is 0 Å². The van der Waals surface area contributed by atoms with Crippen LogP contribution in [0.4, 0.5) is 22.0 Å². The monoisotopic (exact) mass is 227 g/mol. The molecule has 7 heteroatoms. The summed E-state index contributed by atoms with van der Waals surface area (Å²) in [6, 6.07) is 0. The maximum atomic E-state index is 11.5. The summed E-state index contributed by atoms with van der Waals surface area (Å²) in [5.41, 5.74) is 0. The molecule has 0 heterocycles. The molecule has 0 bridgehead atoms. The van der Waals surface area contributed by atoms with Crippen LogP contribution in [0.15, 0.2) is 11.9 Å². The third-order valence-electron chi connectivity index (χ3n) is 1.03. The molecule has 0 aromatic rings. The molecule has 0 aliphatic heterocycles. The zero-order chi connectivity index (χ0) is 9.28. The third kappa shape index (κ3) is 1.84. The van der Waals surface area contributed by atoms with E-state index in [9.17, 15) is 22.0 Å². The standard InChI is InChI=1S/C4HF5.CO.Mn/c5-2-1-3(6,7)4(2,8)9;1-2;/h1H;;. The second-order valence-electron chi connectivity index (χ2n) is 1.69. The fraction of sp³-hybridized carbons (Fsp3) is 0.400. The molecule has 12 heavy (non-hydrogen) atoms. The second-order valence-corrected chi connectivity index (χ2v) is 1.69. The molecule has 0 atom stereocenters. The van der Waals surface area contributed by atoms with Crippen molar-refractivity contribution in [3.63, 3.8) is 0 Å². The van der Waals surface area contributed by atoms with Gasteiger partial charge in [-0.1, -0.05) is 0 Å². The zero-order valence-electron chi connectivity index (χ0n) is 5.25. The molecular formula is C5HF5MnO. The molecule has 0 N–H and O–H groups in total. The molecule has 0 aromatic carbocycles. The Morgan fingerprint density at radius 2 is 1.50 bits per heavy atom. The molecule has 0 unspecified atom stereocenters. The van der Waals surface area contributed by atoms with Gasteiger partial charge in [0, 0.05) is 23.1 Å². The molecule has 3 radical (unpaired) electrons. The van der Waals surface area contributed by atoms with Gasteiger partial charge in [-0.2, -0.15) is 17.6 Å². The Labute approximate surface area is 75.1 Å². The van der Waals surface area contributed by atoms with Crippen molar-refractivity contribution in [2.45, 2.75) is 11.8 Å². The van der Waals surface area contributed by atoms with Crippen molar-refractivity contribution in [1.29, 1.82) is 0 Å². The molecule has 0 saturated heterocycles. The molecule has 0 saturated carbocycles. The van der Waals surface area contributed by atoms with Gasteiger partial charge in [-0.15, -0.1) is 0 Å². The van der Waals surface area contributed by atoms with Crippen molar-refractivity contribution in [3.8, 4) is 0 Å². The molecule has 1 nitrogen and oxygen atoms in total. The quantitative estimate of drug-likeness (QED) is 0.454. The fourth-order valence-corrected chi connectivity index (χ4v) is 0.422. The first-order valence-corrected chi connectivity index (χ1v) is 2.23. The van der Waals surface area contributed by atoms with Crippen LogP contribution in [0.1, 0.15) is 0 Å². The number of allylic oxidation sites excluding steroid dienone is 2. The molecular weight excluding hydrogens is 226 g/mol.